The summed E-state index contributed by atoms with van der Waals surface area (Å²) in [5, 5.41) is 26.3. The van der Waals surface area contributed by atoms with Crippen LogP contribution >= 0.6 is 22.7 Å². The normalized spacial score (nSPS) is 18.8. The fourth-order valence-corrected chi connectivity index (χ4v) is 7.68. The monoisotopic (exact) mass is 494 g/mol. The van der Waals surface area contributed by atoms with Crippen LogP contribution in [-0.2, 0) is 35.3 Å². The van der Waals surface area contributed by atoms with Crippen LogP contribution in [-0.4, -0.2) is 11.8 Å². The van der Waals surface area contributed by atoms with Gasteiger partial charge >= 0.3 is 0 Å². The van der Waals surface area contributed by atoms with E-state index < -0.39 is 0 Å². The Morgan fingerprint density at radius 2 is 1.24 bits per heavy atom. The number of hydrogen-bond donors (Lipinski definition) is 2. The van der Waals surface area contributed by atoms with E-state index >= 15 is 0 Å². The lowest BCUT2D eigenvalue weighted by atomic mass is 9.86. The quantitative estimate of drug-likeness (QED) is 0.497. The lowest BCUT2D eigenvalue weighted by molar-refractivity contribution is -0.121. The van der Waals surface area contributed by atoms with E-state index in [-0.39, 0.29) is 24.7 Å². The standard InChI is InChI=1S/C26H30N4O2S2/c1-3-15-5-7-17-19(13-27)25(33-21(17)11-15)29-23(31)9-10-24(32)30-26-20(14-28)18-8-6-16(4-2)12-22(18)34-26/h15-16H,3-12H2,1-2H3,(H,29,31)(H,30,32). The van der Waals surface area contributed by atoms with Gasteiger partial charge in [0.05, 0.1) is 11.1 Å². The first-order chi connectivity index (χ1) is 16.5. The summed E-state index contributed by atoms with van der Waals surface area (Å²) in [6.07, 6.45) is 8.17. The van der Waals surface area contributed by atoms with E-state index in [9.17, 15) is 20.1 Å². The first-order valence-electron chi connectivity index (χ1n) is 12.2. The Labute approximate surface area is 209 Å². The topological polar surface area (TPSA) is 106 Å². The number of carbonyl (C=O) groups excluding carboxylic acids is 2. The number of rotatable bonds is 7. The van der Waals surface area contributed by atoms with Gasteiger partial charge in [-0.05, 0) is 61.5 Å². The van der Waals surface area contributed by atoms with E-state index in [1.807, 2.05) is 0 Å². The number of thiophene rings is 2. The maximum Gasteiger partial charge on any atom is 0.225 e. The number of fused-ring (bicyclic) bond motifs is 2. The highest BCUT2D eigenvalue weighted by Crippen LogP contribution is 2.41. The Balaban J connectivity index is 1.36. The van der Waals surface area contributed by atoms with E-state index in [1.165, 1.54) is 32.4 Å². The van der Waals surface area contributed by atoms with E-state index in [0.717, 1.165) is 62.5 Å². The molecule has 0 radical (unpaired) electrons. The largest absolute Gasteiger partial charge is 0.317 e. The second-order valence-corrected chi connectivity index (χ2v) is 11.5. The predicted molar refractivity (Wildman–Crippen MR) is 136 cm³/mol. The maximum absolute atomic E-state index is 12.6. The van der Waals surface area contributed by atoms with Crippen molar-refractivity contribution in [1.82, 2.24) is 0 Å². The molecule has 0 bridgehead atoms. The van der Waals surface area contributed by atoms with E-state index in [2.05, 4.69) is 36.6 Å². The molecule has 0 fully saturated rings. The average Bonchev–Trinajstić information content (AvgIpc) is 3.37. The van der Waals surface area contributed by atoms with Crippen LogP contribution in [0.25, 0.3) is 0 Å². The predicted octanol–water partition coefficient (Wildman–Crippen LogP) is 5.94. The molecular weight excluding hydrogens is 464 g/mol. The molecule has 2 unspecified atom stereocenters. The molecule has 178 valence electrons. The number of anilines is 2. The molecule has 0 saturated heterocycles. The minimum atomic E-state index is -0.269. The molecule has 0 aliphatic heterocycles. The third kappa shape index (κ3) is 5.04. The van der Waals surface area contributed by atoms with Crippen LogP contribution < -0.4 is 10.6 Å². The zero-order valence-corrected chi connectivity index (χ0v) is 21.4. The van der Waals surface area contributed by atoms with Crippen molar-refractivity contribution in [2.75, 3.05) is 10.6 Å². The first kappa shape index (κ1) is 24.4. The van der Waals surface area contributed by atoms with E-state index in [0.29, 0.717) is 33.0 Å². The Bertz CT molecular complexity index is 1090. The zero-order chi connectivity index (χ0) is 24.2. The molecule has 2 aliphatic carbocycles. The smallest absolute Gasteiger partial charge is 0.225 e. The van der Waals surface area contributed by atoms with Gasteiger partial charge in [-0.15, -0.1) is 22.7 Å². The number of nitrogens with one attached hydrogen (secondary N) is 2. The van der Waals surface area contributed by atoms with Gasteiger partial charge in [0.1, 0.15) is 22.1 Å². The molecule has 34 heavy (non-hydrogen) atoms. The van der Waals surface area contributed by atoms with Crippen molar-refractivity contribution in [2.45, 2.75) is 78.1 Å². The van der Waals surface area contributed by atoms with Crippen LogP contribution in [0.4, 0.5) is 10.0 Å². The second kappa shape index (κ2) is 10.7. The van der Waals surface area contributed by atoms with E-state index in [4.69, 9.17) is 0 Å². The summed E-state index contributed by atoms with van der Waals surface area (Å²) < 4.78 is 0. The van der Waals surface area contributed by atoms with Gasteiger partial charge < -0.3 is 10.6 Å². The number of hydrogen-bond acceptors (Lipinski definition) is 6. The van der Waals surface area contributed by atoms with Gasteiger partial charge in [0, 0.05) is 22.6 Å². The summed E-state index contributed by atoms with van der Waals surface area (Å²) in [7, 11) is 0. The van der Waals surface area contributed by atoms with Gasteiger partial charge in [0.25, 0.3) is 0 Å². The molecule has 2 amide bonds. The van der Waals surface area contributed by atoms with Gasteiger partial charge in [-0.1, -0.05) is 26.7 Å². The second-order valence-electron chi connectivity index (χ2n) is 9.27. The highest BCUT2D eigenvalue weighted by Gasteiger charge is 2.27. The van der Waals surface area contributed by atoms with Crippen molar-refractivity contribution < 1.29 is 9.59 Å². The van der Waals surface area contributed by atoms with Gasteiger partial charge in [0.2, 0.25) is 11.8 Å². The molecule has 2 aliphatic rings. The molecule has 0 saturated carbocycles. The molecule has 6 nitrogen and oxygen atoms in total. The SMILES string of the molecule is CCC1CCc2c(sc(NC(=O)CCC(=O)Nc3sc4c(c3C#N)CCC(CC)C4)c2C#N)C1. The number of carbonyl (C=O) groups is 2. The third-order valence-electron chi connectivity index (χ3n) is 7.20. The highest BCUT2D eigenvalue weighted by atomic mass is 32.1. The lowest BCUT2D eigenvalue weighted by Gasteiger charge is -2.20. The molecule has 2 N–H and O–H groups in total. The fraction of sp³-hybridized carbons (Fsp3) is 0.538. The van der Waals surface area contributed by atoms with Crippen LogP contribution in [0.1, 0.15) is 84.4 Å². The molecular formula is C26H30N4O2S2. The summed E-state index contributed by atoms with van der Waals surface area (Å²) in [6.45, 7) is 4.38. The molecule has 4 rings (SSSR count). The maximum atomic E-state index is 12.6. The van der Waals surface area contributed by atoms with Crippen molar-refractivity contribution >= 4 is 44.5 Å². The van der Waals surface area contributed by atoms with E-state index in [1.54, 1.807) is 0 Å². The van der Waals surface area contributed by atoms with Crippen LogP contribution in [0, 0.1) is 34.5 Å². The molecule has 0 aromatic carbocycles. The highest BCUT2D eigenvalue weighted by molar-refractivity contribution is 7.17. The van der Waals surface area contributed by atoms with Crippen molar-refractivity contribution in [3.05, 3.63) is 32.0 Å². The molecule has 8 heteroatoms. The van der Waals surface area contributed by atoms with Gasteiger partial charge in [-0.3, -0.25) is 9.59 Å². The number of amides is 2. The van der Waals surface area contributed by atoms with Crippen LogP contribution in [0.3, 0.4) is 0 Å². The van der Waals surface area contributed by atoms with Crippen molar-refractivity contribution in [1.29, 1.82) is 10.5 Å². The van der Waals surface area contributed by atoms with Gasteiger partial charge in [0.15, 0.2) is 0 Å². The van der Waals surface area contributed by atoms with Crippen LogP contribution in [0.5, 0.6) is 0 Å². The van der Waals surface area contributed by atoms with Crippen LogP contribution in [0.15, 0.2) is 0 Å². The molecule has 2 aromatic rings. The van der Waals surface area contributed by atoms with Crippen molar-refractivity contribution in [3.63, 3.8) is 0 Å². The average molecular weight is 495 g/mol. The van der Waals surface area contributed by atoms with Crippen molar-refractivity contribution in [2.24, 2.45) is 11.8 Å². The fourth-order valence-electron chi connectivity index (χ4n) is 5.02. The van der Waals surface area contributed by atoms with Crippen molar-refractivity contribution in [3.8, 4) is 12.1 Å². The molecule has 2 heterocycles. The lowest BCUT2D eigenvalue weighted by Crippen LogP contribution is -2.17. The molecule has 0 spiro atoms. The Hall–Kier alpha value is -2.68. The molecule has 2 atom stereocenters. The summed E-state index contributed by atoms with van der Waals surface area (Å²) in [4.78, 5) is 27.6. The van der Waals surface area contributed by atoms with Gasteiger partial charge in [-0.25, -0.2) is 0 Å². The summed E-state index contributed by atoms with van der Waals surface area (Å²) in [5.74, 6) is 0.737. The summed E-state index contributed by atoms with van der Waals surface area (Å²) in [5.41, 5.74) is 3.34. The number of nitrogens with zero attached hydrogens (tertiary/aromatic N) is 2. The Kier molecular flexibility index (Phi) is 7.70. The molecule has 2 aromatic heterocycles. The minimum Gasteiger partial charge on any atom is -0.317 e. The van der Waals surface area contributed by atoms with Gasteiger partial charge in [-0.2, -0.15) is 10.5 Å². The third-order valence-corrected chi connectivity index (χ3v) is 9.54. The van der Waals surface area contributed by atoms with Crippen LogP contribution in [0.2, 0.25) is 0 Å². The minimum absolute atomic E-state index is 0.0295. The summed E-state index contributed by atoms with van der Waals surface area (Å²) >= 11 is 3.01. The number of nitriles is 2. The zero-order valence-electron chi connectivity index (χ0n) is 19.8. The summed E-state index contributed by atoms with van der Waals surface area (Å²) in [6, 6.07) is 4.54. The first-order valence-corrected chi connectivity index (χ1v) is 13.8. The Morgan fingerprint density at radius 3 is 1.59 bits per heavy atom. The Morgan fingerprint density at radius 1 is 0.824 bits per heavy atom.